The summed E-state index contributed by atoms with van der Waals surface area (Å²) in [6.45, 7) is 0. The van der Waals surface area contributed by atoms with Crippen LogP contribution in [0.1, 0.15) is 5.56 Å². The van der Waals surface area contributed by atoms with E-state index in [2.05, 4.69) is 35.5 Å². The zero-order valence-electron chi connectivity index (χ0n) is 8.49. The Balaban J connectivity index is 2.43. The molecule has 0 saturated heterocycles. The van der Waals surface area contributed by atoms with E-state index in [4.69, 9.17) is 0 Å². The lowest BCUT2D eigenvalue weighted by molar-refractivity contribution is 0.567. The lowest BCUT2D eigenvalue weighted by Crippen LogP contribution is -1.99. The highest BCUT2D eigenvalue weighted by Crippen LogP contribution is 2.18. The molecular formula is C12H14N2. The molecule has 0 bridgehead atoms. The minimum atomic E-state index is 1.19. The molecule has 1 aromatic carbocycles. The highest BCUT2D eigenvalue weighted by atomic mass is 15.0. The first-order chi connectivity index (χ1) is 6.77. The molecule has 0 spiro atoms. The molecule has 14 heavy (non-hydrogen) atoms. The first-order valence-electron chi connectivity index (χ1n) is 4.68. The number of nitrogens with one attached hydrogen (secondary N) is 1. The van der Waals surface area contributed by atoms with Crippen LogP contribution in [0, 0.1) is 0 Å². The Hall–Kier alpha value is -1.70. The molecular weight excluding hydrogens is 172 g/mol. The second-order valence-corrected chi connectivity index (χ2v) is 3.57. The van der Waals surface area contributed by atoms with E-state index in [9.17, 15) is 0 Å². The van der Waals surface area contributed by atoms with Gasteiger partial charge in [-0.3, -0.25) is 0 Å². The van der Waals surface area contributed by atoms with Crippen molar-refractivity contribution in [2.45, 2.75) is 0 Å². The zero-order valence-corrected chi connectivity index (χ0v) is 8.49. The fraction of sp³-hybridized carbons (Fsp3) is 0.167. The van der Waals surface area contributed by atoms with Gasteiger partial charge in [0.1, 0.15) is 0 Å². The Morgan fingerprint density at radius 1 is 1.21 bits per heavy atom. The third-order valence-electron chi connectivity index (χ3n) is 2.17. The lowest BCUT2D eigenvalue weighted by atomic mass is 10.2. The highest BCUT2D eigenvalue weighted by molar-refractivity contribution is 5.88. The maximum absolute atomic E-state index is 3.24. The summed E-state index contributed by atoms with van der Waals surface area (Å²) < 4.78 is 0. The average molecular weight is 186 g/mol. The fourth-order valence-electron chi connectivity index (χ4n) is 1.46. The summed E-state index contributed by atoms with van der Waals surface area (Å²) in [5.41, 5.74) is 2.42. The van der Waals surface area contributed by atoms with Crippen LogP contribution in [0.3, 0.4) is 0 Å². The smallest absolute Gasteiger partial charge is 0.0460 e. The molecule has 1 aromatic heterocycles. The Morgan fingerprint density at radius 2 is 2.00 bits per heavy atom. The van der Waals surface area contributed by atoms with Gasteiger partial charge in [0.25, 0.3) is 0 Å². The number of hydrogen-bond acceptors (Lipinski definition) is 1. The summed E-state index contributed by atoms with van der Waals surface area (Å²) in [6, 6.07) is 8.31. The van der Waals surface area contributed by atoms with Crippen molar-refractivity contribution in [3.8, 4) is 0 Å². The maximum Gasteiger partial charge on any atom is 0.0460 e. The molecule has 2 nitrogen and oxygen atoms in total. The summed E-state index contributed by atoms with van der Waals surface area (Å²) in [5, 5.41) is 1.27. The van der Waals surface area contributed by atoms with E-state index in [-0.39, 0.29) is 0 Å². The van der Waals surface area contributed by atoms with Gasteiger partial charge in [-0.2, -0.15) is 0 Å². The summed E-state index contributed by atoms with van der Waals surface area (Å²) in [6.07, 6.45) is 6.19. The molecule has 0 atom stereocenters. The van der Waals surface area contributed by atoms with Gasteiger partial charge in [-0.1, -0.05) is 18.2 Å². The Kier molecular flexibility index (Phi) is 2.27. The number of aromatic amines is 1. The van der Waals surface area contributed by atoms with Crippen molar-refractivity contribution in [2.24, 2.45) is 0 Å². The van der Waals surface area contributed by atoms with E-state index in [1.165, 1.54) is 16.5 Å². The molecule has 1 N–H and O–H groups in total. The summed E-state index contributed by atoms with van der Waals surface area (Å²) in [4.78, 5) is 5.27. The molecule has 0 aliphatic heterocycles. The Bertz CT molecular complexity index is 452. The number of H-pyrrole nitrogens is 1. The monoisotopic (exact) mass is 186 g/mol. The number of benzene rings is 1. The van der Waals surface area contributed by atoms with Gasteiger partial charge >= 0.3 is 0 Å². The van der Waals surface area contributed by atoms with Crippen molar-refractivity contribution in [1.82, 2.24) is 9.88 Å². The summed E-state index contributed by atoms with van der Waals surface area (Å²) in [7, 11) is 4.04. The van der Waals surface area contributed by atoms with Crippen LogP contribution in [-0.4, -0.2) is 24.0 Å². The van der Waals surface area contributed by atoms with Crippen molar-refractivity contribution in [2.75, 3.05) is 14.1 Å². The third kappa shape index (κ3) is 1.64. The first kappa shape index (κ1) is 8.88. The third-order valence-corrected chi connectivity index (χ3v) is 2.17. The number of aromatic nitrogens is 1. The van der Waals surface area contributed by atoms with Crippen LogP contribution >= 0.6 is 0 Å². The molecule has 0 saturated carbocycles. The van der Waals surface area contributed by atoms with Gasteiger partial charge in [-0.05, 0) is 18.3 Å². The molecule has 0 aliphatic carbocycles. The molecule has 0 fully saturated rings. The van der Waals surface area contributed by atoms with Crippen molar-refractivity contribution in [3.05, 3.63) is 42.2 Å². The van der Waals surface area contributed by atoms with Gasteiger partial charge in [-0.25, -0.2) is 0 Å². The van der Waals surface area contributed by atoms with Crippen molar-refractivity contribution in [1.29, 1.82) is 0 Å². The van der Waals surface area contributed by atoms with Crippen LogP contribution in [0.2, 0.25) is 0 Å². The SMILES string of the molecule is CN(C)/C=C/c1c[nH]c2ccccc12. The van der Waals surface area contributed by atoms with Gasteiger partial charge in [-0.15, -0.1) is 0 Å². The van der Waals surface area contributed by atoms with E-state index in [0.717, 1.165) is 0 Å². The van der Waals surface area contributed by atoms with Gasteiger partial charge in [0.2, 0.25) is 0 Å². The number of rotatable bonds is 2. The Labute approximate surface area is 83.9 Å². The van der Waals surface area contributed by atoms with Crippen molar-refractivity contribution >= 4 is 17.0 Å². The van der Waals surface area contributed by atoms with E-state index >= 15 is 0 Å². The van der Waals surface area contributed by atoms with E-state index in [0.29, 0.717) is 0 Å². The standard InChI is InChI=1S/C12H14N2/c1-14(2)8-7-10-9-13-12-6-4-3-5-11(10)12/h3-9,13H,1-2H3/b8-7+. The summed E-state index contributed by atoms with van der Waals surface area (Å²) in [5.74, 6) is 0. The van der Waals surface area contributed by atoms with Gasteiger partial charge in [0.15, 0.2) is 0 Å². The Morgan fingerprint density at radius 3 is 2.79 bits per heavy atom. The average Bonchev–Trinajstić information content (AvgIpc) is 2.58. The molecule has 0 unspecified atom stereocenters. The number of para-hydroxylation sites is 1. The zero-order chi connectivity index (χ0) is 9.97. The minimum Gasteiger partial charge on any atom is -0.383 e. The number of nitrogens with zero attached hydrogens (tertiary/aromatic N) is 1. The van der Waals surface area contributed by atoms with Crippen LogP contribution in [0.4, 0.5) is 0 Å². The normalized spacial score (nSPS) is 11.3. The maximum atomic E-state index is 3.24. The van der Waals surface area contributed by atoms with Gasteiger partial charge < -0.3 is 9.88 Å². The van der Waals surface area contributed by atoms with Crippen molar-refractivity contribution < 1.29 is 0 Å². The van der Waals surface area contributed by atoms with Crippen molar-refractivity contribution in [3.63, 3.8) is 0 Å². The quantitative estimate of drug-likeness (QED) is 0.764. The van der Waals surface area contributed by atoms with Crippen LogP contribution in [-0.2, 0) is 0 Å². The molecule has 0 aliphatic rings. The number of hydrogen-bond donors (Lipinski definition) is 1. The topological polar surface area (TPSA) is 19.0 Å². The van der Waals surface area contributed by atoms with E-state index < -0.39 is 0 Å². The van der Waals surface area contributed by atoms with E-state index in [1.807, 2.05) is 31.3 Å². The number of fused-ring (bicyclic) bond motifs is 1. The highest BCUT2D eigenvalue weighted by Gasteiger charge is 1.97. The predicted octanol–water partition coefficient (Wildman–Crippen LogP) is 2.70. The molecule has 0 radical (unpaired) electrons. The fourth-order valence-corrected chi connectivity index (χ4v) is 1.46. The predicted molar refractivity (Wildman–Crippen MR) is 61.0 cm³/mol. The van der Waals surface area contributed by atoms with Gasteiger partial charge in [0, 0.05) is 36.8 Å². The first-order valence-corrected chi connectivity index (χ1v) is 4.68. The molecule has 72 valence electrons. The van der Waals surface area contributed by atoms with E-state index in [1.54, 1.807) is 0 Å². The largest absolute Gasteiger partial charge is 0.383 e. The molecule has 2 heteroatoms. The second-order valence-electron chi connectivity index (χ2n) is 3.57. The van der Waals surface area contributed by atoms with Crippen LogP contribution in [0.5, 0.6) is 0 Å². The second kappa shape index (κ2) is 3.58. The summed E-state index contributed by atoms with van der Waals surface area (Å²) >= 11 is 0. The molecule has 2 rings (SSSR count). The van der Waals surface area contributed by atoms with Gasteiger partial charge in [0.05, 0.1) is 0 Å². The van der Waals surface area contributed by atoms with Crippen LogP contribution < -0.4 is 0 Å². The molecule has 1 heterocycles. The molecule has 2 aromatic rings. The van der Waals surface area contributed by atoms with Crippen LogP contribution in [0.15, 0.2) is 36.7 Å². The molecule has 0 amide bonds. The lowest BCUT2D eigenvalue weighted by Gasteiger charge is -2.02. The van der Waals surface area contributed by atoms with Crippen LogP contribution in [0.25, 0.3) is 17.0 Å². The minimum absolute atomic E-state index is 1.19.